The van der Waals surface area contributed by atoms with Crippen molar-refractivity contribution < 1.29 is 19.1 Å². The van der Waals surface area contributed by atoms with Gasteiger partial charge in [-0.05, 0) is 30.2 Å². The van der Waals surface area contributed by atoms with Crippen molar-refractivity contribution >= 4 is 57.8 Å². The van der Waals surface area contributed by atoms with Gasteiger partial charge in [-0.1, -0.05) is 41.9 Å². The summed E-state index contributed by atoms with van der Waals surface area (Å²) in [7, 11) is 1.61. The molecule has 3 aliphatic rings. The minimum Gasteiger partial charge on any atom is -0.494 e. The van der Waals surface area contributed by atoms with Crippen LogP contribution in [0.4, 0.5) is 28.7 Å². The first-order valence-electron chi connectivity index (χ1n) is 12.9. The molecule has 6 rings (SSSR count). The largest absolute Gasteiger partial charge is 0.494 e. The lowest BCUT2D eigenvalue weighted by atomic mass is 10.0. The number of hydrogen-bond donors (Lipinski definition) is 2. The van der Waals surface area contributed by atoms with Gasteiger partial charge in [-0.3, -0.25) is 9.63 Å². The van der Waals surface area contributed by atoms with E-state index in [4.69, 9.17) is 37.5 Å². The van der Waals surface area contributed by atoms with Crippen molar-refractivity contribution in [3.05, 3.63) is 71.0 Å². The lowest BCUT2D eigenvalue weighted by Crippen LogP contribution is -2.37. The maximum atomic E-state index is 12.3. The van der Waals surface area contributed by atoms with Crippen LogP contribution in [0.2, 0.25) is 10.0 Å². The Morgan fingerprint density at radius 3 is 2.85 bits per heavy atom. The van der Waals surface area contributed by atoms with Gasteiger partial charge in [0.2, 0.25) is 5.91 Å². The zero-order chi connectivity index (χ0) is 27.8. The summed E-state index contributed by atoms with van der Waals surface area (Å²) >= 11 is 12.8. The van der Waals surface area contributed by atoms with Crippen LogP contribution in [0.25, 0.3) is 0 Å². The van der Waals surface area contributed by atoms with Crippen LogP contribution in [-0.4, -0.2) is 54.9 Å². The first-order valence-corrected chi connectivity index (χ1v) is 13.7. The molecule has 2 aromatic carbocycles. The SMILES string of the molecule is C=CC(=O)Nc1cc(Nc2cc(N3OCC[C@@H]3c3cccc(Cl)c3Cl)ncn2)c(OC)cc1N1C[C@@H]2C[C@H]1CO2. The van der Waals surface area contributed by atoms with Gasteiger partial charge < -0.3 is 25.0 Å². The molecule has 2 bridgehead atoms. The van der Waals surface area contributed by atoms with Crippen molar-refractivity contribution in [2.45, 2.75) is 31.0 Å². The quantitative estimate of drug-likeness (QED) is 0.332. The summed E-state index contributed by atoms with van der Waals surface area (Å²) in [6, 6.07) is 11.2. The van der Waals surface area contributed by atoms with Gasteiger partial charge in [-0.2, -0.15) is 0 Å². The summed E-state index contributed by atoms with van der Waals surface area (Å²) in [6.45, 7) is 5.51. The van der Waals surface area contributed by atoms with E-state index in [1.54, 1.807) is 24.3 Å². The number of morpholine rings is 1. The van der Waals surface area contributed by atoms with Crippen LogP contribution in [0.1, 0.15) is 24.4 Å². The highest BCUT2D eigenvalue weighted by atomic mass is 35.5. The molecule has 3 saturated heterocycles. The minimum absolute atomic E-state index is 0.164. The third-order valence-corrected chi connectivity index (χ3v) is 8.19. The molecule has 1 amide bonds. The second kappa shape index (κ2) is 11.1. The topological polar surface area (TPSA) is 101 Å². The van der Waals surface area contributed by atoms with Crippen molar-refractivity contribution in [2.75, 3.05) is 47.5 Å². The summed E-state index contributed by atoms with van der Waals surface area (Å²) < 4.78 is 11.5. The number of fused-ring (bicyclic) bond motifs is 2. The van der Waals surface area contributed by atoms with E-state index in [2.05, 4.69) is 32.1 Å². The number of hydroxylamine groups is 1. The predicted molar refractivity (Wildman–Crippen MR) is 155 cm³/mol. The first kappa shape index (κ1) is 26.6. The molecule has 0 spiro atoms. The van der Waals surface area contributed by atoms with Crippen LogP contribution in [0.15, 0.2) is 55.4 Å². The van der Waals surface area contributed by atoms with Crippen molar-refractivity contribution in [1.29, 1.82) is 0 Å². The molecule has 2 N–H and O–H groups in total. The van der Waals surface area contributed by atoms with E-state index >= 15 is 0 Å². The molecule has 40 heavy (non-hydrogen) atoms. The Labute approximate surface area is 241 Å². The third-order valence-electron chi connectivity index (χ3n) is 7.36. The van der Waals surface area contributed by atoms with Crippen LogP contribution in [-0.2, 0) is 14.4 Å². The molecular formula is C28H28Cl2N6O4. The van der Waals surface area contributed by atoms with E-state index in [1.165, 1.54) is 12.4 Å². The molecular weight excluding hydrogens is 555 g/mol. The molecule has 3 aromatic rings. The number of hydrogen-bond acceptors (Lipinski definition) is 9. The Balaban J connectivity index is 1.31. The maximum Gasteiger partial charge on any atom is 0.247 e. The van der Waals surface area contributed by atoms with E-state index in [-0.39, 0.29) is 24.1 Å². The number of halogens is 2. The highest BCUT2D eigenvalue weighted by molar-refractivity contribution is 6.42. The normalized spacial score (nSPS) is 21.5. The maximum absolute atomic E-state index is 12.3. The number of nitrogens with one attached hydrogen (secondary N) is 2. The summed E-state index contributed by atoms with van der Waals surface area (Å²) in [4.78, 5) is 29.4. The van der Waals surface area contributed by atoms with Crippen molar-refractivity contribution in [3.8, 4) is 5.75 Å². The summed E-state index contributed by atoms with van der Waals surface area (Å²) in [5.41, 5.74) is 2.98. The number of carbonyl (C=O) groups is 1. The smallest absolute Gasteiger partial charge is 0.247 e. The lowest BCUT2D eigenvalue weighted by Gasteiger charge is -2.31. The molecule has 12 heteroatoms. The molecule has 10 nitrogen and oxygen atoms in total. The highest BCUT2D eigenvalue weighted by Gasteiger charge is 2.40. The van der Waals surface area contributed by atoms with Crippen LogP contribution < -0.4 is 25.3 Å². The molecule has 0 aliphatic carbocycles. The zero-order valence-corrected chi connectivity index (χ0v) is 23.3. The average molecular weight is 583 g/mol. The van der Waals surface area contributed by atoms with Crippen LogP contribution in [0, 0.1) is 0 Å². The van der Waals surface area contributed by atoms with Gasteiger partial charge in [0, 0.05) is 25.1 Å². The van der Waals surface area contributed by atoms with E-state index in [0.717, 1.165) is 30.6 Å². The van der Waals surface area contributed by atoms with E-state index in [9.17, 15) is 4.79 Å². The van der Waals surface area contributed by atoms with Gasteiger partial charge in [-0.25, -0.2) is 15.0 Å². The van der Waals surface area contributed by atoms with E-state index in [0.29, 0.717) is 52.0 Å². The summed E-state index contributed by atoms with van der Waals surface area (Å²) in [5, 5.41) is 8.97. The Kier molecular flexibility index (Phi) is 7.41. The Bertz CT molecular complexity index is 1460. The van der Waals surface area contributed by atoms with Crippen molar-refractivity contribution in [1.82, 2.24) is 9.97 Å². The third kappa shape index (κ3) is 5.03. The molecule has 3 aliphatic heterocycles. The summed E-state index contributed by atoms with van der Waals surface area (Å²) in [6.07, 6.45) is 4.57. The zero-order valence-electron chi connectivity index (χ0n) is 21.8. The van der Waals surface area contributed by atoms with Gasteiger partial charge in [0.1, 0.15) is 17.9 Å². The highest BCUT2D eigenvalue weighted by Crippen LogP contribution is 2.43. The fourth-order valence-electron chi connectivity index (χ4n) is 5.48. The molecule has 0 radical (unpaired) electrons. The van der Waals surface area contributed by atoms with Gasteiger partial charge in [0.15, 0.2) is 5.82 Å². The number of ether oxygens (including phenoxy) is 2. The number of methoxy groups -OCH3 is 1. The molecule has 4 heterocycles. The van der Waals surface area contributed by atoms with Gasteiger partial charge >= 0.3 is 0 Å². The molecule has 0 saturated carbocycles. The number of carbonyl (C=O) groups excluding carboxylic acids is 1. The number of amides is 1. The first-order chi connectivity index (χ1) is 19.4. The van der Waals surface area contributed by atoms with Crippen LogP contribution >= 0.6 is 23.2 Å². The van der Waals surface area contributed by atoms with Crippen molar-refractivity contribution in [2.24, 2.45) is 0 Å². The minimum atomic E-state index is -0.306. The van der Waals surface area contributed by atoms with E-state index < -0.39 is 0 Å². The summed E-state index contributed by atoms with van der Waals surface area (Å²) in [5.74, 6) is 1.35. The monoisotopic (exact) mass is 582 g/mol. The number of aromatic nitrogens is 2. The van der Waals surface area contributed by atoms with Gasteiger partial charge in [0.25, 0.3) is 0 Å². The molecule has 3 atom stereocenters. The number of benzene rings is 2. The van der Waals surface area contributed by atoms with E-state index in [1.807, 2.05) is 24.3 Å². The van der Waals surface area contributed by atoms with Crippen LogP contribution in [0.3, 0.4) is 0 Å². The lowest BCUT2D eigenvalue weighted by molar-refractivity contribution is -0.111. The number of anilines is 5. The number of rotatable bonds is 8. The fraction of sp³-hybridized carbons (Fsp3) is 0.321. The molecule has 0 unspecified atom stereocenters. The van der Waals surface area contributed by atoms with Crippen LogP contribution in [0.5, 0.6) is 5.75 Å². The second-order valence-electron chi connectivity index (χ2n) is 9.75. The second-order valence-corrected chi connectivity index (χ2v) is 10.5. The molecule has 1 aromatic heterocycles. The fourth-order valence-corrected chi connectivity index (χ4v) is 5.91. The van der Waals surface area contributed by atoms with Gasteiger partial charge in [0.05, 0.1) is 65.6 Å². The van der Waals surface area contributed by atoms with Crippen molar-refractivity contribution in [3.63, 3.8) is 0 Å². The Hall–Kier alpha value is -3.57. The Morgan fingerprint density at radius 1 is 1.23 bits per heavy atom. The predicted octanol–water partition coefficient (Wildman–Crippen LogP) is 5.52. The van der Waals surface area contributed by atoms with Gasteiger partial charge in [-0.15, -0.1) is 0 Å². The molecule has 208 valence electrons. The Morgan fingerprint density at radius 2 is 2.10 bits per heavy atom. The number of nitrogens with zero attached hydrogens (tertiary/aromatic N) is 4. The average Bonchev–Trinajstić information content (AvgIpc) is 3.73. The molecule has 3 fully saturated rings. The standard InChI is InChI=1S/C28H28Cl2N6O4/c1-3-27(37)34-20-10-21(24(38-2)11-23(20)35-13-17-9-16(35)14-39-17)33-25-12-26(32-15-31-25)36-22(7-8-40-36)18-5-4-6-19(29)28(18)30/h3-6,10-12,15-17,22H,1,7-9,13-14H2,2H3,(H,34,37)(H,31,32,33)/t16-,17-,22+/m0/s1.